The van der Waals surface area contributed by atoms with Crippen molar-refractivity contribution in [2.75, 3.05) is 13.7 Å². The minimum atomic E-state index is -0.246. The van der Waals surface area contributed by atoms with Crippen molar-refractivity contribution < 1.29 is 9.53 Å². The summed E-state index contributed by atoms with van der Waals surface area (Å²) in [6, 6.07) is 13.9. The van der Waals surface area contributed by atoms with Crippen molar-refractivity contribution in [2.24, 2.45) is 5.73 Å². The second kappa shape index (κ2) is 6.42. The van der Waals surface area contributed by atoms with Gasteiger partial charge in [0.15, 0.2) is 0 Å². The number of carbonyl (C=O) groups excluding carboxylic acids is 1. The maximum absolute atomic E-state index is 11.6. The Bertz CT molecular complexity index is 727. The summed E-state index contributed by atoms with van der Waals surface area (Å²) in [6.45, 7) is 3.08. The summed E-state index contributed by atoms with van der Waals surface area (Å²) in [5.41, 5.74) is 11.0. The van der Waals surface area contributed by atoms with Gasteiger partial charge in [-0.1, -0.05) is 36.4 Å². The van der Waals surface area contributed by atoms with Crippen LogP contribution in [0.15, 0.2) is 42.5 Å². The van der Waals surface area contributed by atoms with Gasteiger partial charge in [0.05, 0.1) is 13.2 Å². The Kier molecular flexibility index (Phi) is 4.35. The number of nitrogens with zero attached hydrogens (tertiary/aromatic N) is 1. The molecule has 3 rings (SSSR count). The van der Waals surface area contributed by atoms with Crippen molar-refractivity contribution in [3.8, 4) is 5.75 Å². The van der Waals surface area contributed by atoms with Gasteiger partial charge >= 0.3 is 0 Å². The molecule has 2 aromatic rings. The molecule has 120 valence electrons. The quantitative estimate of drug-likeness (QED) is 0.948. The molecule has 0 aliphatic carbocycles. The second-order valence-electron chi connectivity index (χ2n) is 5.94. The van der Waals surface area contributed by atoms with E-state index in [1.165, 1.54) is 11.1 Å². The average molecular weight is 310 g/mol. The first kappa shape index (κ1) is 15.6. The van der Waals surface area contributed by atoms with Crippen molar-refractivity contribution >= 4 is 5.91 Å². The SMILES string of the molecule is COc1ccccc1C(N)c1ccc2c(c1)CN(C(C)=O)CC2. The van der Waals surface area contributed by atoms with E-state index in [-0.39, 0.29) is 11.9 Å². The molecule has 2 aromatic carbocycles. The van der Waals surface area contributed by atoms with E-state index < -0.39 is 0 Å². The molecule has 23 heavy (non-hydrogen) atoms. The third-order valence-electron chi connectivity index (χ3n) is 4.52. The number of benzene rings is 2. The Morgan fingerprint density at radius 3 is 2.74 bits per heavy atom. The first-order chi connectivity index (χ1) is 11.1. The summed E-state index contributed by atoms with van der Waals surface area (Å²) < 4.78 is 5.42. The fourth-order valence-electron chi connectivity index (χ4n) is 3.14. The van der Waals surface area contributed by atoms with E-state index in [0.717, 1.165) is 29.8 Å². The predicted molar refractivity (Wildman–Crippen MR) is 90.3 cm³/mol. The fraction of sp³-hybridized carbons (Fsp3) is 0.316. The van der Waals surface area contributed by atoms with Crippen LogP contribution in [0.25, 0.3) is 0 Å². The molecule has 1 aliphatic rings. The molecule has 4 nitrogen and oxygen atoms in total. The summed E-state index contributed by atoms with van der Waals surface area (Å²) in [6.07, 6.45) is 0.902. The lowest BCUT2D eigenvalue weighted by molar-refractivity contribution is -0.129. The van der Waals surface area contributed by atoms with Gasteiger partial charge in [0.25, 0.3) is 0 Å². The van der Waals surface area contributed by atoms with Crippen LogP contribution in [0.2, 0.25) is 0 Å². The number of rotatable bonds is 3. The number of hydrogen-bond donors (Lipinski definition) is 1. The fourth-order valence-corrected chi connectivity index (χ4v) is 3.14. The molecular weight excluding hydrogens is 288 g/mol. The monoisotopic (exact) mass is 310 g/mol. The van der Waals surface area contributed by atoms with Crippen LogP contribution in [0.3, 0.4) is 0 Å². The normalized spacial score (nSPS) is 15.0. The van der Waals surface area contributed by atoms with Crippen LogP contribution in [-0.2, 0) is 17.8 Å². The molecule has 1 atom stereocenters. The van der Waals surface area contributed by atoms with Gasteiger partial charge in [0, 0.05) is 25.6 Å². The van der Waals surface area contributed by atoms with E-state index in [2.05, 4.69) is 18.2 Å². The van der Waals surface area contributed by atoms with E-state index in [1.54, 1.807) is 14.0 Å². The van der Waals surface area contributed by atoms with E-state index in [9.17, 15) is 4.79 Å². The van der Waals surface area contributed by atoms with Gasteiger partial charge < -0.3 is 15.4 Å². The molecule has 0 radical (unpaired) electrons. The largest absolute Gasteiger partial charge is 0.496 e. The van der Waals surface area contributed by atoms with Gasteiger partial charge in [-0.15, -0.1) is 0 Å². The number of amides is 1. The van der Waals surface area contributed by atoms with Crippen molar-refractivity contribution in [3.05, 3.63) is 64.7 Å². The third kappa shape index (κ3) is 3.08. The lowest BCUT2D eigenvalue weighted by Gasteiger charge is -2.29. The minimum Gasteiger partial charge on any atom is -0.496 e. The number of para-hydroxylation sites is 1. The predicted octanol–water partition coefficient (Wildman–Crippen LogP) is 2.65. The Labute approximate surface area is 136 Å². The van der Waals surface area contributed by atoms with Gasteiger partial charge in [-0.3, -0.25) is 4.79 Å². The lowest BCUT2D eigenvalue weighted by atomic mass is 9.92. The number of nitrogens with two attached hydrogens (primary N) is 1. The molecule has 1 amide bonds. The highest BCUT2D eigenvalue weighted by molar-refractivity contribution is 5.73. The number of hydrogen-bond acceptors (Lipinski definition) is 3. The van der Waals surface area contributed by atoms with Crippen molar-refractivity contribution in [1.29, 1.82) is 0 Å². The lowest BCUT2D eigenvalue weighted by Crippen LogP contribution is -2.34. The number of ether oxygens (including phenoxy) is 1. The first-order valence-corrected chi connectivity index (χ1v) is 7.86. The Hall–Kier alpha value is -2.33. The molecule has 0 fully saturated rings. The molecule has 0 spiro atoms. The van der Waals surface area contributed by atoms with Crippen LogP contribution in [0.4, 0.5) is 0 Å². The van der Waals surface area contributed by atoms with Crippen LogP contribution in [-0.4, -0.2) is 24.5 Å². The van der Waals surface area contributed by atoms with Crippen LogP contribution < -0.4 is 10.5 Å². The molecule has 0 bridgehead atoms. The Morgan fingerprint density at radius 1 is 1.22 bits per heavy atom. The first-order valence-electron chi connectivity index (χ1n) is 7.86. The summed E-state index contributed by atoms with van der Waals surface area (Å²) in [5.74, 6) is 0.915. The maximum atomic E-state index is 11.6. The van der Waals surface area contributed by atoms with E-state index >= 15 is 0 Å². The number of methoxy groups -OCH3 is 1. The molecule has 4 heteroatoms. The molecule has 1 unspecified atom stereocenters. The summed E-state index contributed by atoms with van der Waals surface area (Å²) >= 11 is 0. The zero-order valence-corrected chi connectivity index (χ0v) is 13.6. The van der Waals surface area contributed by atoms with Gasteiger partial charge in [-0.05, 0) is 29.2 Å². The molecule has 1 aliphatic heterocycles. The van der Waals surface area contributed by atoms with Crippen LogP contribution in [0.5, 0.6) is 5.75 Å². The van der Waals surface area contributed by atoms with Crippen molar-refractivity contribution in [3.63, 3.8) is 0 Å². The average Bonchev–Trinajstić information content (AvgIpc) is 2.60. The van der Waals surface area contributed by atoms with Crippen LogP contribution >= 0.6 is 0 Å². The van der Waals surface area contributed by atoms with E-state index in [4.69, 9.17) is 10.5 Å². The molecule has 0 saturated heterocycles. The zero-order valence-electron chi connectivity index (χ0n) is 13.6. The second-order valence-corrected chi connectivity index (χ2v) is 5.94. The zero-order chi connectivity index (χ0) is 16.4. The van der Waals surface area contributed by atoms with Gasteiger partial charge in [-0.2, -0.15) is 0 Å². The van der Waals surface area contributed by atoms with Crippen molar-refractivity contribution in [2.45, 2.75) is 25.9 Å². The molecule has 0 saturated carbocycles. The van der Waals surface area contributed by atoms with E-state index in [0.29, 0.717) is 6.54 Å². The van der Waals surface area contributed by atoms with E-state index in [1.807, 2.05) is 29.2 Å². The number of fused-ring (bicyclic) bond motifs is 1. The summed E-state index contributed by atoms with van der Waals surface area (Å²) in [5, 5.41) is 0. The molecule has 0 aromatic heterocycles. The minimum absolute atomic E-state index is 0.120. The molecule has 1 heterocycles. The highest BCUT2D eigenvalue weighted by Gasteiger charge is 2.20. The standard InChI is InChI=1S/C19H22N2O2/c1-13(22)21-10-9-14-7-8-15(11-16(14)12-21)19(20)17-5-3-4-6-18(17)23-2/h3-8,11,19H,9-10,12,20H2,1-2H3. The maximum Gasteiger partial charge on any atom is 0.219 e. The summed E-state index contributed by atoms with van der Waals surface area (Å²) in [7, 11) is 1.66. The Morgan fingerprint density at radius 2 is 2.00 bits per heavy atom. The highest BCUT2D eigenvalue weighted by atomic mass is 16.5. The van der Waals surface area contributed by atoms with Crippen molar-refractivity contribution in [1.82, 2.24) is 4.90 Å². The van der Waals surface area contributed by atoms with Crippen LogP contribution in [0.1, 0.15) is 35.2 Å². The summed E-state index contributed by atoms with van der Waals surface area (Å²) in [4.78, 5) is 13.5. The smallest absolute Gasteiger partial charge is 0.219 e. The van der Waals surface area contributed by atoms with Gasteiger partial charge in [0.1, 0.15) is 5.75 Å². The third-order valence-corrected chi connectivity index (χ3v) is 4.52. The van der Waals surface area contributed by atoms with Gasteiger partial charge in [-0.25, -0.2) is 0 Å². The van der Waals surface area contributed by atoms with Crippen LogP contribution in [0, 0.1) is 0 Å². The molecular formula is C19H22N2O2. The highest BCUT2D eigenvalue weighted by Crippen LogP contribution is 2.30. The molecule has 2 N–H and O–H groups in total. The Balaban J connectivity index is 1.92. The number of carbonyl (C=O) groups is 1. The van der Waals surface area contributed by atoms with Gasteiger partial charge in [0.2, 0.25) is 5.91 Å². The topological polar surface area (TPSA) is 55.6 Å².